The van der Waals surface area contributed by atoms with Crippen molar-refractivity contribution in [2.45, 2.75) is 45.1 Å². The van der Waals surface area contributed by atoms with Crippen LogP contribution in [-0.4, -0.2) is 16.9 Å². The van der Waals surface area contributed by atoms with E-state index in [2.05, 4.69) is 10.3 Å². The zero-order valence-corrected chi connectivity index (χ0v) is 10.7. The molecule has 1 saturated carbocycles. The van der Waals surface area contributed by atoms with Gasteiger partial charge in [0.25, 0.3) is 5.91 Å². The molecule has 0 bridgehead atoms. The maximum atomic E-state index is 12.7. The number of rotatable bonds is 3. The summed E-state index contributed by atoms with van der Waals surface area (Å²) in [5.41, 5.74) is 0.416. The molecule has 0 aromatic carbocycles. The second-order valence-electron chi connectivity index (χ2n) is 5.03. The second-order valence-corrected chi connectivity index (χ2v) is 5.03. The minimum absolute atomic E-state index is 0.166. The summed E-state index contributed by atoms with van der Waals surface area (Å²) in [4.78, 5) is 15.4. The normalized spacial score (nSPS) is 18.3. The Morgan fingerprint density at radius 3 is 2.72 bits per heavy atom. The van der Waals surface area contributed by atoms with Gasteiger partial charge in [-0.05, 0) is 37.8 Å². The lowest BCUT2D eigenvalue weighted by Crippen LogP contribution is -2.38. The highest BCUT2D eigenvalue weighted by atomic mass is 19.1. The van der Waals surface area contributed by atoms with E-state index in [1.807, 2.05) is 6.92 Å². The molecule has 18 heavy (non-hydrogen) atoms. The molecule has 1 aliphatic carbocycles. The standard InChI is InChI=1S/C14H19FN2O/c1-10(11-5-3-2-4-6-11)17-14(18)12-7-8-13(15)16-9-12/h7-11H,2-6H2,1H3,(H,17,18). The highest BCUT2D eigenvalue weighted by Gasteiger charge is 2.21. The van der Waals surface area contributed by atoms with Crippen LogP contribution in [0.1, 0.15) is 49.4 Å². The van der Waals surface area contributed by atoms with Gasteiger partial charge in [-0.2, -0.15) is 4.39 Å². The Morgan fingerprint density at radius 1 is 1.39 bits per heavy atom. The molecule has 0 spiro atoms. The van der Waals surface area contributed by atoms with Gasteiger partial charge in [0.15, 0.2) is 0 Å². The monoisotopic (exact) mass is 250 g/mol. The van der Waals surface area contributed by atoms with Crippen LogP contribution in [0.25, 0.3) is 0 Å². The Kier molecular flexibility index (Phi) is 4.28. The first-order chi connectivity index (χ1) is 8.66. The van der Waals surface area contributed by atoms with Gasteiger partial charge in [-0.15, -0.1) is 0 Å². The average Bonchev–Trinajstić information content (AvgIpc) is 2.40. The van der Waals surface area contributed by atoms with Crippen LogP contribution >= 0.6 is 0 Å². The summed E-state index contributed by atoms with van der Waals surface area (Å²) >= 11 is 0. The Labute approximate surface area is 107 Å². The van der Waals surface area contributed by atoms with E-state index in [1.54, 1.807) is 0 Å². The van der Waals surface area contributed by atoms with Crippen LogP contribution in [0.5, 0.6) is 0 Å². The summed E-state index contributed by atoms with van der Waals surface area (Å²) in [5.74, 6) is -0.163. The molecular formula is C14H19FN2O. The molecule has 2 rings (SSSR count). The Balaban J connectivity index is 1.91. The maximum absolute atomic E-state index is 12.7. The van der Waals surface area contributed by atoms with E-state index >= 15 is 0 Å². The van der Waals surface area contributed by atoms with Crippen molar-refractivity contribution in [1.29, 1.82) is 0 Å². The molecule has 1 aliphatic rings. The number of nitrogens with zero attached hydrogens (tertiary/aromatic N) is 1. The molecule has 3 nitrogen and oxygen atoms in total. The molecule has 4 heteroatoms. The topological polar surface area (TPSA) is 42.0 Å². The molecule has 98 valence electrons. The number of carbonyl (C=O) groups excluding carboxylic acids is 1. The zero-order valence-electron chi connectivity index (χ0n) is 10.7. The van der Waals surface area contributed by atoms with E-state index in [1.165, 1.54) is 50.4 Å². The van der Waals surface area contributed by atoms with Crippen LogP contribution in [0.4, 0.5) is 4.39 Å². The van der Waals surface area contributed by atoms with Crippen molar-refractivity contribution in [3.05, 3.63) is 29.8 Å². The lowest BCUT2D eigenvalue weighted by Gasteiger charge is -2.28. The number of amides is 1. The van der Waals surface area contributed by atoms with Crippen molar-refractivity contribution in [2.24, 2.45) is 5.92 Å². The number of carbonyl (C=O) groups is 1. The predicted molar refractivity (Wildman–Crippen MR) is 67.7 cm³/mol. The molecule has 1 fully saturated rings. The van der Waals surface area contributed by atoms with E-state index in [-0.39, 0.29) is 11.9 Å². The van der Waals surface area contributed by atoms with Crippen molar-refractivity contribution >= 4 is 5.91 Å². The van der Waals surface area contributed by atoms with Crippen molar-refractivity contribution in [2.75, 3.05) is 0 Å². The third-order valence-electron chi connectivity index (χ3n) is 3.71. The number of halogens is 1. The van der Waals surface area contributed by atoms with Crippen molar-refractivity contribution in [1.82, 2.24) is 10.3 Å². The van der Waals surface area contributed by atoms with Gasteiger partial charge in [-0.25, -0.2) is 4.98 Å². The van der Waals surface area contributed by atoms with Gasteiger partial charge in [0, 0.05) is 12.2 Å². The van der Waals surface area contributed by atoms with Crippen LogP contribution in [0.3, 0.4) is 0 Å². The molecule has 1 unspecified atom stereocenters. The summed E-state index contributed by atoms with van der Waals surface area (Å²) in [6, 6.07) is 2.84. The number of pyridine rings is 1. The summed E-state index contributed by atoms with van der Waals surface area (Å²) in [6.07, 6.45) is 7.45. The van der Waals surface area contributed by atoms with Crippen LogP contribution in [-0.2, 0) is 0 Å². The van der Waals surface area contributed by atoms with E-state index in [0.29, 0.717) is 11.5 Å². The average molecular weight is 250 g/mol. The molecule has 0 aliphatic heterocycles. The Bertz CT molecular complexity index is 399. The summed E-state index contributed by atoms with van der Waals surface area (Å²) in [6.45, 7) is 2.05. The second kappa shape index (κ2) is 5.94. The molecule has 0 radical (unpaired) electrons. The lowest BCUT2D eigenvalue weighted by atomic mass is 9.84. The van der Waals surface area contributed by atoms with Crippen LogP contribution in [0.15, 0.2) is 18.3 Å². The highest BCUT2D eigenvalue weighted by Crippen LogP contribution is 2.26. The van der Waals surface area contributed by atoms with Crippen LogP contribution < -0.4 is 5.32 Å². The molecule has 0 saturated heterocycles. The van der Waals surface area contributed by atoms with Crippen molar-refractivity contribution < 1.29 is 9.18 Å². The van der Waals surface area contributed by atoms with Gasteiger partial charge in [-0.3, -0.25) is 4.79 Å². The zero-order chi connectivity index (χ0) is 13.0. The first-order valence-electron chi connectivity index (χ1n) is 6.59. The molecule has 1 aromatic heterocycles. The van der Waals surface area contributed by atoms with E-state index in [0.717, 1.165) is 0 Å². The smallest absolute Gasteiger partial charge is 0.253 e. The summed E-state index contributed by atoms with van der Waals surface area (Å²) < 4.78 is 12.7. The third-order valence-corrected chi connectivity index (χ3v) is 3.71. The van der Waals surface area contributed by atoms with Crippen molar-refractivity contribution in [3.8, 4) is 0 Å². The number of aromatic nitrogens is 1. The fourth-order valence-corrected chi connectivity index (χ4v) is 2.55. The molecular weight excluding hydrogens is 231 g/mol. The molecule has 1 aromatic rings. The fraction of sp³-hybridized carbons (Fsp3) is 0.571. The van der Waals surface area contributed by atoms with Gasteiger partial charge >= 0.3 is 0 Å². The van der Waals surface area contributed by atoms with Gasteiger partial charge in [0.2, 0.25) is 5.95 Å². The Hall–Kier alpha value is -1.45. The first kappa shape index (κ1) is 13.0. The van der Waals surface area contributed by atoms with E-state index in [9.17, 15) is 9.18 Å². The van der Waals surface area contributed by atoms with Crippen LogP contribution in [0, 0.1) is 11.9 Å². The van der Waals surface area contributed by atoms with Crippen molar-refractivity contribution in [3.63, 3.8) is 0 Å². The number of hydrogen-bond donors (Lipinski definition) is 1. The number of hydrogen-bond acceptors (Lipinski definition) is 2. The van der Waals surface area contributed by atoms with E-state index < -0.39 is 5.95 Å². The minimum Gasteiger partial charge on any atom is -0.349 e. The van der Waals surface area contributed by atoms with E-state index in [4.69, 9.17) is 0 Å². The molecule has 1 atom stereocenters. The third kappa shape index (κ3) is 3.28. The SMILES string of the molecule is CC(NC(=O)c1ccc(F)nc1)C1CCCCC1. The number of nitrogens with one attached hydrogen (secondary N) is 1. The predicted octanol–water partition coefficient (Wildman–Crippen LogP) is 2.92. The van der Waals surface area contributed by atoms with Gasteiger partial charge in [0.05, 0.1) is 5.56 Å². The highest BCUT2D eigenvalue weighted by molar-refractivity contribution is 5.93. The quantitative estimate of drug-likeness (QED) is 0.838. The summed E-state index contributed by atoms with van der Waals surface area (Å²) in [5, 5.41) is 2.98. The Morgan fingerprint density at radius 2 is 2.11 bits per heavy atom. The van der Waals surface area contributed by atoms with Gasteiger partial charge in [-0.1, -0.05) is 19.3 Å². The van der Waals surface area contributed by atoms with Gasteiger partial charge in [0.1, 0.15) is 0 Å². The first-order valence-corrected chi connectivity index (χ1v) is 6.59. The van der Waals surface area contributed by atoms with Crippen LogP contribution in [0.2, 0.25) is 0 Å². The molecule has 1 N–H and O–H groups in total. The lowest BCUT2D eigenvalue weighted by molar-refractivity contribution is 0.0919. The summed E-state index contributed by atoms with van der Waals surface area (Å²) in [7, 11) is 0. The fourth-order valence-electron chi connectivity index (χ4n) is 2.55. The largest absolute Gasteiger partial charge is 0.349 e. The maximum Gasteiger partial charge on any atom is 0.253 e. The molecule has 1 amide bonds. The van der Waals surface area contributed by atoms with Gasteiger partial charge < -0.3 is 5.32 Å². The minimum atomic E-state index is -0.563. The molecule has 1 heterocycles.